The van der Waals surface area contributed by atoms with Gasteiger partial charge in [0.2, 0.25) is 5.89 Å². The lowest BCUT2D eigenvalue weighted by Crippen LogP contribution is -2.27. The van der Waals surface area contributed by atoms with Crippen LogP contribution in [-0.2, 0) is 4.74 Å². The van der Waals surface area contributed by atoms with Crippen LogP contribution in [0.5, 0.6) is 0 Å². The van der Waals surface area contributed by atoms with Gasteiger partial charge in [0.25, 0.3) is 5.91 Å². The Kier molecular flexibility index (Phi) is 5.11. The minimum Gasteiger partial charge on any atom is -0.446 e. The Bertz CT molecular complexity index is 363. The van der Waals surface area contributed by atoms with Crippen molar-refractivity contribution in [1.82, 2.24) is 10.3 Å². The standard InChI is InChI=1S/C11H19N3O3/c1-7(2)9(12)11-14-8(6-17-11)10(15)13-4-5-16-3/h6-7,9H,4-5,12H2,1-3H3,(H,13,15). The molecule has 1 amide bonds. The van der Waals surface area contributed by atoms with Gasteiger partial charge in [-0.05, 0) is 5.92 Å². The minimum absolute atomic E-state index is 0.207. The van der Waals surface area contributed by atoms with Gasteiger partial charge in [-0.15, -0.1) is 0 Å². The summed E-state index contributed by atoms with van der Waals surface area (Å²) in [6, 6.07) is -0.296. The summed E-state index contributed by atoms with van der Waals surface area (Å²) >= 11 is 0. The zero-order valence-electron chi connectivity index (χ0n) is 10.4. The van der Waals surface area contributed by atoms with Gasteiger partial charge in [0.15, 0.2) is 5.69 Å². The van der Waals surface area contributed by atoms with Crippen molar-refractivity contribution >= 4 is 5.91 Å². The Labute approximate surface area is 101 Å². The molecule has 0 aliphatic heterocycles. The second-order valence-electron chi connectivity index (χ2n) is 4.09. The molecule has 17 heavy (non-hydrogen) atoms. The van der Waals surface area contributed by atoms with Crippen LogP contribution in [0.25, 0.3) is 0 Å². The number of hydrogen-bond donors (Lipinski definition) is 2. The van der Waals surface area contributed by atoms with E-state index < -0.39 is 0 Å². The maximum absolute atomic E-state index is 11.6. The number of amides is 1. The Morgan fingerprint density at radius 1 is 1.65 bits per heavy atom. The Hall–Kier alpha value is -1.40. The summed E-state index contributed by atoms with van der Waals surface area (Å²) in [5, 5.41) is 2.65. The second kappa shape index (κ2) is 6.36. The molecule has 1 aromatic rings. The lowest BCUT2D eigenvalue weighted by molar-refractivity contribution is 0.0932. The Morgan fingerprint density at radius 2 is 2.35 bits per heavy atom. The molecule has 6 nitrogen and oxygen atoms in total. The maximum Gasteiger partial charge on any atom is 0.273 e. The van der Waals surface area contributed by atoms with Gasteiger partial charge in [-0.3, -0.25) is 4.79 Å². The molecule has 1 atom stereocenters. The lowest BCUT2D eigenvalue weighted by Gasteiger charge is -2.10. The summed E-state index contributed by atoms with van der Waals surface area (Å²) in [7, 11) is 1.57. The van der Waals surface area contributed by atoms with Crippen LogP contribution in [0.4, 0.5) is 0 Å². The monoisotopic (exact) mass is 241 g/mol. The fourth-order valence-corrected chi connectivity index (χ4v) is 1.19. The van der Waals surface area contributed by atoms with Crippen molar-refractivity contribution in [3.05, 3.63) is 17.8 Å². The van der Waals surface area contributed by atoms with E-state index in [1.807, 2.05) is 13.8 Å². The van der Waals surface area contributed by atoms with Crippen LogP contribution in [-0.4, -0.2) is 31.2 Å². The second-order valence-corrected chi connectivity index (χ2v) is 4.09. The molecule has 0 saturated carbocycles. The molecule has 6 heteroatoms. The molecule has 96 valence electrons. The largest absolute Gasteiger partial charge is 0.446 e. The lowest BCUT2D eigenvalue weighted by atomic mass is 10.1. The third-order valence-electron chi connectivity index (χ3n) is 2.35. The number of methoxy groups -OCH3 is 1. The molecule has 0 saturated heterocycles. The molecule has 0 aliphatic carbocycles. The molecule has 1 aromatic heterocycles. The van der Waals surface area contributed by atoms with E-state index in [9.17, 15) is 4.79 Å². The zero-order chi connectivity index (χ0) is 12.8. The van der Waals surface area contributed by atoms with Crippen molar-refractivity contribution in [3.63, 3.8) is 0 Å². The van der Waals surface area contributed by atoms with E-state index in [2.05, 4.69) is 10.3 Å². The zero-order valence-corrected chi connectivity index (χ0v) is 10.4. The first-order valence-corrected chi connectivity index (χ1v) is 5.54. The number of nitrogens with zero attached hydrogens (tertiary/aromatic N) is 1. The third-order valence-corrected chi connectivity index (χ3v) is 2.35. The van der Waals surface area contributed by atoms with Crippen LogP contribution < -0.4 is 11.1 Å². The fourth-order valence-electron chi connectivity index (χ4n) is 1.19. The van der Waals surface area contributed by atoms with E-state index in [1.165, 1.54) is 6.26 Å². The molecule has 1 unspecified atom stereocenters. The Morgan fingerprint density at radius 3 is 2.94 bits per heavy atom. The molecule has 0 aromatic carbocycles. The van der Waals surface area contributed by atoms with Crippen LogP contribution in [0.1, 0.15) is 36.3 Å². The SMILES string of the molecule is COCCNC(=O)c1coc(C(N)C(C)C)n1. The predicted octanol–water partition coefficient (Wildman–Crippen LogP) is 0.707. The van der Waals surface area contributed by atoms with Crippen LogP contribution in [0.2, 0.25) is 0 Å². The molecule has 0 radical (unpaired) electrons. The number of nitrogens with one attached hydrogen (secondary N) is 1. The van der Waals surface area contributed by atoms with E-state index in [1.54, 1.807) is 7.11 Å². The first kappa shape index (κ1) is 13.7. The van der Waals surface area contributed by atoms with Crippen molar-refractivity contribution in [2.45, 2.75) is 19.9 Å². The third kappa shape index (κ3) is 3.83. The van der Waals surface area contributed by atoms with Gasteiger partial charge in [-0.1, -0.05) is 13.8 Å². The van der Waals surface area contributed by atoms with E-state index in [4.69, 9.17) is 14.9 Å². The summed E-state index contributed by atoms with van der Waals surface area (Å²) in [4.78, 5) is 15.7. The summed E-state index contributed by atoms with van der Waals surface area (Å²) in [6.07, 6.45) is 1.32. The summed E-state index contributed by atoms with van der Waals surface area (Å²) in [5.41, 5.74) is 6.11. The number of oxazole rings is 1. The van der Waals surface area contributed by atoms with E-state index in [0.717, 1.165) is 0 Å². The minimum atomic E-state index is -0.296. The molecular weight excluding hydrogens is 222 g/mol. The molecule has 1 rings (SSSR count). The van der Waals surface area contributed by atoms with Gasteiger partial charge in [-0.25, -0.2) is 4.98 Å². The normalized spacial score (nSPS) is 12.8. The van der Waals surface area contributed by atoms with Crippen molar-refractivity contribution in [1.29, 1.82) is 0 Å². The van der Waals surface area contributed by atoms with Gasteiger partial charge in [0, 0.05) is 13.7 Å². The molecule has 1 heterocycles. The molecule has 3 N–H and O–H groups in total. The molecular formula is C11H19N3O3. The van der Waals surface area contributed by atoms with Gasteiger partial charge >= 0.3 is 0 Å². The van der Waals surface area contributed by atoms with Crippen molar-refractivity contribution in [2.24, 2.45) is 11.7 Å². The number of nitrogens with two attached hydrogens (primary N) is 1. The average Bonchev–Trinajstić information content (AvgIpc) is 2.77. The van der Waals surface area contributed by atoms with Gasteiger partial charge < -0.3 is 20.2 Å². The van der Waals surface area contributed by atoms with E-state index in [-0.39, 0.29) is 23.6 Å². The van der Waals surface area contributed by atoms with Crippen LogP contribution in [0, 0.1) is 5.92 Å². The molecule has 0 fully saturated rings. The van der Waals surface area contributed by atoms with Crippen LogP contribution >= 0.6 is 0 Å². The van der Waals surface area contributed by atoms with Crippen LogP contribution in [0.3, 0.4) is 0 Å². The summed E-state index contributed by atoms with van der Waals surface area (Å²) in [5.74, 6) is 0.308. The quantitative estimate of drug-likeness (QED) is 0.716. The molecule has 0 spiro atoms. The highest BCUT2D eigenvalue weighted by atomic mass is 16.5. The topological polar surface area (TPSA) is 90.4 Å². The number of hydrogen-bond acceptors (Lipinski definition) is 5. The highest BCUT2D eigenvalue weighted by Gasteiger charge is 2.18. The smallest absolute Gasteiger partial charge is 0.273 e. The number of carbonyl (C=O) groups is 1. The average molecular weight is 241 g/mol. The maximum atomic E-state index is 11.6. The highest BCUT2D eigenvalue weighted by Crippen LogP contribution is 2.17. The van der Waals surface area contributed by atoms with Gasteiger partial charge in [0.05, 0.1) is 12.6 Å². The number of ether oxygens (including phenoxy) is 1. The molecule has 0 aliphatic rings. The van der Waals surface area contributed by atoms with Crippen molar-refractivity contribution in [3.8, 4) is 0 Å². The number of aromatic nitrogens is 1. The predicted molar refractivity (Wildman–Crippen MR) is 62.5 cm³/mol. The molecule has 0 bridgehead atoms. The highest BCUT2D eigenvalue weighted by molar-refractivity contribution is 5.91. The van der Waals surface area contributed by atoms with E-state index in [0.29, 0.717) is 19.0 Å². The van der Waals surface area contributed by atoms with Crippen molar-refractivity contribution in [2.75, 3.05) is 20.3 Å². The number of carbonyl (C=O) groups excluding carboxylic acids is 1. The summed E-state index contributed by atoms with van der Waals surface area (Å²) < 4.78 is 10.0. The number of rotatable bonds is 6. The Balaban J connectivity index is 2.58. The van der Waals surface area contributed by atoms with E-state index >= 15 is 0 Å². The fraction of sp³-hybridized carbons (Fsp3) is 0.636. The van der Waals surface area contributed by atoms with Gasteiger partial charge in [-0.2, -0.15) is 0 Å². The van der Waals surface area contributed by atoms with Gasteiger partial charge in [0.1, 0.15) is 6.26 Å². The first-order valence-electron chi connectivity index (χ1n) is 5.54. The first-order chi connectivity index (χ1) is 8.06. The summed E-state index contributed by atoms with van der Waals surface area (Å²) in [6.45, 7) is 4.83. The van der Waals surface area contributed by atoms with Crippen LogP contribution in [0.15, 0.2) is 10.7 Å². The van der Waals surface area contributed by atoms with Crippen molar-refractivity contribution < 1.29 is 13.9 Å².